The summed E-state index contributed by atoms with van der Waals surface area (Å²) in [6, 6.07) is 0. The first-order valence-electron chi connectivity index (χ1n) is 27.0. The monoisotopic (exact) mass is 975 g/mol. The van der Waals surface area contributed by atoms with Crippen LogP contribution in [0.25, 0.3) is 0 Å². The maximum atomic E-state index is 12.7. The van der Waals surface area contributed by atoms with Gasteiger partial charge in [-0.1, -0.05) is 160 Å². The van der Waals surface area contributed by atoms with E-state index in [-0.39, 0.29) is 13.2 Å². The lowest BCUT2D eigenvalue weighted by molar-refractivity contribution is -0.336. The number of rotatable bonds is 43. The molecule has 400 valence electrons. The van der Waals surface area contributed by atoms with Crippen molar-refractivity contribution in [1.29, 1.82) is 0 Å². The molecule has 0 aromatic rings. The largest absolute Gasteiger partial charge is 0.463 e. The topological polar surface area (TPSA) is 234 Å². The quantitative estimate of drug-likeness (QED) is 0.0169. The summed E-state index contributed by atoms with van der Waals surface area (Å²) in [4.78, 5) is 12.7. The van der Waals surface area contributed by atoms with E-state index in [1.165, 1.54) is 109 Å². The van der Waals surface area contributed by atoms with Gasteiger partial charge in [-0.3, -0.25) is 4.79 Å². The van der Waals surface area contributed by atoms with Crippen LogP contribution in [0.15, 0.2) is 24.3 Å². The summed E-state index contributed by atoms with van der Waals surface area (Å²) in [6.45, 7) is 3.62. The van der Waals surface area contributed by atoms with Gasteiger partial charge in [0, 0.05) is 6.61 Å². The van der Waals surface area contributed by atoms with E-state index in [2.05, 4.69) is 38.2 Å². The Labute approximate surface area is 410 Å². The van der Waals surface area contributed by atoms with Crippen LogP contribution >= 0.6 is 0 Å². The number of allylic oxidation sites excluding steroid dienone is 4. The van der Waals surface area contributed by atoms with Crippen LogP contribution in [0, 0.1) is 0 Å². The Morgan fingerprint density at radius 2 is 0.971 bits per heavy atom. The molecule has 15 heteroatoms. The van der Waals surface area contributed by atoms with E-state index in [4.69, 9.17) is 28.4 Å². The molecule has 68 heavy (non-hydrogen) atoms. The predicted molar refractivity (Wildman–Crippen MR) is 263 cm³/mol. The molecule has 2 aliphatic heterocycles. The molecule has 0 aromatic heterocycles. The van der Waals surface area contributed by atoms with Crippen molar-refractivity contribution in [3.8, 4) is 0 Å². The van der Waals surface area contributed by atoms with E-state index in [9.17, 15) is 45.6 Å². The van der Waals surface area contributed by atoms with Crippen LogP contribution in [-0.4, -0.2) is 153 Å². The highest BCUT2D eigenvalue weighted by Gasteiger charge is 2.48. The third-order valence-electron chi connectivity index (χ3n) is 13.0. The molecule has 0 amide bonds. The van der Waals surface area contributed by atoms with Crippen molar-refractivity contribution in [3.05, 3.63) is 24.3 Å². The molecule has 15 nitrogen and oxygen atoms in total. The lowest BCUT2D eigenvalue weighted by Gasteiger charge is -2.43. The number of carbonyl (C=O) groups is 1. The van der Waals surface area contributed by atoms with Crippen molar-refractivity contribution >= 4 is 5.97 Å². The summed E-state index contributed by atoms with van der Waals surface area (Å²) in [6.07, 6.45) is 23.4. The third kappa shape index (κ3) is 28.5. The summed E-state index contributed by atoms with van der Waals surface area (Å²) in [5.74, 6) is -0.799. The second-order valence-corrected chi connectivity index (χ2v) is 19.2. The van der Waals surface area contributed by atoms with Crippen LogP contribution in [-0.2, 0) is 33.2 Å². The first-order valence-corrected chi connectivity index (χ1v) is 27.0. The molecule has 2 saturated heterocycles. The molecular formula is C53H98O15. The fourth-order valence-corrected chi connectivity index (χ4v) is 8.53. The number of aliphatic hydroxyl groups excluding tert-OH is 8. The fraction of sp³-hybridized carbons (Fsp3) is 0.906. The molecule has 0 aliphatic carbocycles. The summed E-state index contributed by atoms with van der Waals surface area (Å²) in [7, 11) is 0. The van der Waals surface area contributed by atoms with Crippen LogP contribution in [0.5, 0.6) is 0 Å². The average molecular weight is 975 g/mol. The number of aliphatic hydroxyl groups is 8. The Morgan fingerprint density at radius 3 is 1.49 bits per heavy atom. The Hall–Kier alpha value is -1.57. The van der Waals surface area contributed by atoms with Crippen molar-refractivity contribution in [2.45, 2.75) is 274 Å². The highest BCUT2D eigenvalue weighted by atomic mass is 16.7. The van der Waals surface area contributed by atoms with Crippen molar-refractivity contribution in [3.63, 3.8) is 0 Å². The zero-order valence-electron chi connectivity index (χ0n) is 42.2. The third-order valence-corrected chi connectivity index (χ3v) is 13.0. The summed E-state index contributed by atoms with van der Waals surface area (Å²) in [5.41, 5.74) is 0. The van der Waals surface area contributed by atoms with Crippen LogP contribution in [0.2, 0.25) is 0 Å². The standard InChI is InChI=1S/C53H98O15/c1-3-5-7-9-11-13-15-17-19-21-23-25-27-29-31-33-35-63-39-42(37-54)66-53-51(62)49(60)47(58)44(68-53)40-65-52-50(61)48(59)46(57)43(67-52)36-45(56)64-38-41(55)34-32-30-28-26-24-22-20-18-16-14-12-10-8-6-4-2/h18,20,27,29,41-44,46-55,57-62H,3-17,19,21-26,28,30-40H2,1-2H3. The van der Waals surface area contributed by atoms with E-state index in [0.717, 1.165) is 64.2 Å². The minimum atomic E-state index is -1.78. The van der Waals surface area contributed by atoms with E-state index in [1.54, 1.807) is 0 Å². The molecular weight excluding hydrogens is 877 g/mol. The number of hydrogen-bond donors (Lipinski definition) is 8. The Morgan fingerprint density at radius 1 is 0.529 bits per heavy atom. The van der Waals surface area contributed by atoms with Crippen molar-refractivity contribution in [1.82, 2.24) is 0 Å². The normalized spacial score (nSPS) is 26.5. The number of carbonyl (C=O) groups excluding carboxylic acids is 1. The number of ether oxygens (including phenoxy) is 6. The molecule has 2 heterocycles. The molecule has 2 aliphatic rings. The van der Waals surface area contributed by atoms with Crippen LogP contribution in [0.4, 0.5) is 0 Å². The van der Waals surface area contributed by atoms with E-state index in [1.807, 2.05) is 0 Å². The van der Waals surface area contributed by atoms with Crippen molar-refractivity contribution in [2.75, 3.05) is 33.0 Å². The molecule has 12 atom stereocenters. The van der Waals surface area contributed by atoms with Gasteiger partial charge >= 0.3 is 5.97 Å². The van der Waals surface area contributed by atoms with Gasteiger partial charge in [-0.2, -0.15) is 0 Å². The zero-order chi connectivity index (χ0) is 49.6. The molecule has 0 radical (unpaired) electrons. The zero-order valence-corrected chi connectivity index (χ0v) is 42.2. The van der Waals surface area contributed by atoms with Gasteiger partial charge in [0.15, 0.2) is 12.6 Å². The minimum absolute atomic E-state index is 0.0195. The van der Waals surface area contributed by atoms with Gasteiger partial charge in [-0.15, -0.1) is 0 Å². The second kappa shape index (κ2) is 41.0. The highest BCUT2D eigenvalue weighted by molar-refractivity contribution is 5.70. The Balaban J connectivity index is 1.64. The molecule has 8 N–H and O–H groups in total. The predicted octanol–water partition coefficient (Wildman–Crippen LogP) is 7.38. The molecule has 0 aromatic carbocycles. The summed E-state index contributed by atoms with van der Waals surface area (Å²) < 4.78 is 33.7. The molecule has 2 fully saturated rings. The van der Waals surface area contributed by atoms with E-state index in [0.29, 0.717) is 13.0 Å². The SMILES string of the molecule is CCCCCCCCC=CCCCCCCCC(O)COC(=O)CC1OC(OCC2OC(OC(CO)COCCCC=CCCCCCCCCCCCCC)C(O)C(O)C2O)C(O)C(O)C1O. The van der Waals surface area contributed by atoms with Crippen LogP contribution in [0.1, 0.15) is 200 Å². The number of esters is 1. The molecule has 0 spiro atoms. The van der Waals surface area contributed by atoms with Gasteiger partial charge in [0.1, 0.15) is 55.4 Å². The first-order chi connectivity index (χ1) is 33.0. The van der Waals surface area contributed by atoms with Crippen molar-refractivity contribution < 1.29 is 74.1 Å². The lowest BCUT2D eigenvalue weighted by atomic mass is 9.96. The maximum Gasteiger partial charge on any atom is 0.308 e. The number of unbranched alkanes of at least 4 members (excludes halogenated alkanes) is 23. The highest BCUT2D eigenvalue weighted by Crippen LogP contribution is 2.28. The van der Waals surface area contributed by atoms with Gasteiger partial charge in [0.2, 0.25) is 0 Å². The van der Waals surface area contributed by atoms with Gasteiger partial charge in [-0.25, -0.2) is 0 Å². The van der Waals surface area contributed by atoms with E-state index >= 15 is 0 Å². The molecule has 12 unspecified atom stereocenters. The van der Waals surface area contributed by atoms with Crippen molar-refractivity contribution in [2.24, 2.45) is 0 Å². The minimum Gasteiger partial charge on any atom is -0.463 e. The molecule has 0 bridgehead atoms. The van der Waals surface area contributed by atoms with Crippen LogP contribution < -0.4 is 0 Å². The summed E-state index contributed by atoms with van der Waals surface area (Å²) >= 11 is 0. The van der Waals surface area contributed by atoms with Gasteiger partial charge in [-0.05, 0) is 57.8 Å². The van der Waals surface area contributed by atoms with Gasteiger partial charge in [0.05, 0.1) is 38.4 Å². The number of hydrogen-bond acceptors (Lipinski definition) is 15. The second-order valence-electron chi connectivity index (χ2n) is 19.2. The smallest absolute Gasteiger partial charge is 0.308 e. The van der Waals surface area contributed by atoms with Gasteiger partial charge < -0.3 is 69.3 Å². The lowest BCUT2D eigenvalue weighted by Crippen LogP contribution is -2.62. The first kappa shape index (κ1) is 62.5. The van der Waals surface area contributed by atoms with E-state index < -0.39 is 99.2 Å². The molecule has 0 saturated carbocycles. The molecule has 2 rings (SSSR count). The average Bonchev–Trinajstić information content (AvgIpc) is 3.33. The maximum absolute atomic E-state index is 12.7. The van der Waals surface area contributed by atoms with Crippen LogP contribution in [0.3, 0.4) is 0 Å². The Kier molecular flexibility index (Phi) is 37.7. The summed E-state index contributed by atoms with van der Waals surface area (Å²) in [5, 5.41) is 84.1. The Bertz CT molecular complexity index is 1240. The fourth-order valence-electron chi connectivity index (χ4n) is 8.53. The van der Waals surface area contributed by atoms with Gasteiger partial charge in [0.25, 0.3) is 0 Å².